The first kappa shape index (κ1) is 12.2. The summed E-state index contributed by atoms with van der Waals surface area (Å²) in [6.45, 7) is 5.38. The molecule has 84 valence electrons. The fourth-order valence-electron chi connectivity index (χ4n) is 1.21. The van der Waals surface area contributed by atoms with Crippen molar-refractivity contribution >= 4 is 17.3 Å². The molecule has 0 fully saturated rings. The highest BCUT2D eigenvalue weighted by molar-refractivity contribution is 6.32. The zero-order valence-electron chi connectivity index (χ0n) is 9.51. The van der Waals surface area contributed by atoms with Crippen LogP contribution in [-0.2, 0) is 0 Å². The van der Waals surface area contributed by atoms with Crippen LogP contribution in [0.15, 0.2) is 18.2 Å². The van der Waals surface area contributed by atoms with Crippen LogP contribution in [0.25, 0.3) is 0 Å². The van der Waals surface area contributed by atoms with Crippen LogP contribution in [0.4, 0.5) is 5.69 Å². The lowest BCUT2D eigenvalue weighted by Crippen LogP contribution is -2.10. The molecule has 0 aliphatic rings. The van der Waals surface area contributed by atoms with Gasteiger partial charge < -0.3 is 10.1 Å². The summed E-state index contributed by atoms with van der Waals surface area (Å²) in [4.78, 5) is 0. The van der Waals surface area contributed by atoms with E-state index in [1.165, 1.54) is 6.42 Å². The van der Waals surface area contributed by atoms with Crippen molar-refractivity contribution in [2.75, 3.05) is 19.0 Å². The van der Waals surface area contributed by atoms with Crippen LogP contribution in [-0.4, -0.2) is 13.7 Å². The van der Waals surface area contributed by atoms with Gasteiger partial charge >= 0.3 is 0 Å². The lowest BCUT2D eigenvalue weighted by Gasteiger charge is -2.12. The van der Waals surface area contributed by atoms with Crippen molar-refractivity contribution in [2.45, 2.75) is 20.3 Å². The summed E-state index contributed by atoms with van der Waals surface area (Å²) in [7, 11) is 1.62. The van der Waals surface area contributed by atoms with E-state index in [9.17, 15) is 0 Å². The summed E-state index contributed by atoms with van der Waals surface area (Å²) in [5, 5.41) is 3.99. The lowest BCUT2D eigenvalue weighted by molar-refractivity contribution is 0.415. The minimum atomic E-state index is 0.645. The molecule has 3 heteroatoms. The van der Waals surface area contributed by atoms with Crippen molar-refractivity contribution in [3.05, 3.63) is 23.2 Å². The zero-order chi connectivity index (χ0) is 11.3. The standard InChI is InChI=1S/C12H18ClNO/c1-4-9(2)8-14-10-5-6-12(15-3)11(13)7-10/h5-7,9,14H,4,8H2,1-3H3/t9-/m1/s1. The number of anilines is 1. The van der Waals surface area contributed by atoms with E-state index in [0.29, 0.717) is 16.7 Å². The first-order valence-corrected chi connectivity index (χ1v) is 5.62. The van der Waals surface area contributed by atoms with Gasteiger partial charge in [-0.1, -0.05) is 31.9 Å². The third kappa shape index (κ3) is 3.63. The van der Waals surface area contributed by atoms with E-state index >= 15 is 0 Å². The highest BCUT2D eigenvalue weighted by Gasteiger charge is 2.02. The molecule has 0 bridgehead atoms. The Bertz CT molecular complexity index is 314. The van der Waals surface area contributed by atoms with E-state index in [2.05, 4.69) is 19.2 Å². The second kappa shape index (κ2) is 5.86. The Hall–Kier alpha value is -0.890. The van der Waals surface area contributed by atoms with Gasteiger partial charge in [-0.2, -0.15) is 0 Å². The fourth-order valence-corrected chi connectivity index (χ4v) is 1.47. The Labute approximate surface area is 96.6 Å². The van der Waals surface area contributed by atoms with Crippen molar-refractivity contribution in [1.82, 2.24) is 0 Å². The molecule has 0 aromatic heterocycles. The van der Waals surface area contributed by atoms with E-state index < -0.39 is 0 Å². The summed E-state index contributed by atoms with van der Waals surface area (Å²) in [5.41, 5.74) is 1.04. The van der Waals surface area contributed by atoms with E-state index in [0.717, 1.165) is 12.2 Å². The molecule has 0 heterocycles. The van der Waals surface area contributed by atoms with Crippen LogP contribution in [0, 0.1) is 5.92 Å². The van der Waals surface area contributed by atoms with E-state index in [1.54, 1.807) is 7.11 Å². The summed E-state index contributed by atoms with van der Waals surface area (Å²) in [5.74, 6) is 1.39. The van der Waals surface area contributed by atoms with Gasteiger partial charge in [0.1, 0.15) is 5.75 Å². The molecule has 0 radical (unpaired) electrons. The number of rotatable bonds is 5. The van der Waals surface area contributed by atoms with E-state index in [4.69, 9.17) is 16.3 Å². The first-order valence-electron chi connectivity index (χ1n) is 5.24. The van der Waals surface area contributed by atoms with Gasteiger partial charge in [0.15, 0.2) is 0 Å². The topological polar surface area (TPSA) is 21.3 Å². The smallest absolute Gasteiger partial charge is 0.137 e. The molecule has 15 heavy (non-hydrogen) atoms. The molecule has 2 nitrogen and oxygen atoms in total. The Morgan fingerprint density at radius 1 is 1.47 bits per heavy atom. The number of ether oxygens (including phenoxy) is 1. The lowest BCUT2D eigenvalue weighted by atomic mass is 10.1. The Morgan fingerprint density at radius 3 is 2.73 bits per heavy atom. The van der Waals surface area contributed by atoms with Crippen LogP contribution >= 0.6 is 11.6 Å². The monoisotopic (exact) mass is 227 g/mol. The first-order chi connectivity index (χ1) is 7.17. The molecule has 1 atom stereocenters. The fraction of sp³-hybridized carbons (Fsp3) is 0.500. The predicted octanol–water partition coefficient (Wildman–Crippen LogP) is 3.81. The Morgan fingerprint density at radius 2 is 2.20 bits per heavy atom. The summed E-state index contributed by atoms with van der Waals surface area (Å²) in [6.07, 6.45) is 1.18. The summed E-state index contributed by atoms with van der Waals surface area (Å²) in [6, 6.07) is 5.75. The van der Waals surface area contributed by atoms with Gasteiger partial charge in [0.25, 0.3) is 0 Å². The van der Waals surface area contributed by atoms with Gasteiger partial charge in [0, 0.05) is 12.2 Å². The van der Waals surface area contributed by atoms with E-state index in [-0.39, 0.29) is 0 Å². The number of methoxy groups -OCH3 is 1. The highest BCUT2D eigenvalue weighted by atomic mass is 35.5. The van der Waals surface area contributed by atoms with Crippen LogP contribution in [0.3, 0.4) is 0 Å². The van der Waals surface area contributed by atoms with Gasteiger partial charge in [-0.15, -0.1) is 0 Å². The van der Waals surface area contributed by atoms with Gasteiger partial charge in [-0.3, -0.25) is 0 Å². The van der Waals surface area contributed by atoms with Crippen molar-refractivity contribution in [3.8, 4) is 5.75 Å². The number of halogens is 1. The number of hydrogen-bond acceptors (Lipinski definition) is 2. The molecule has 1 aromatic rings. The minimum absolute atomic E-state index is 0.645. The average molecular weight is 228 g/mol. The van der Waals surface area contributed by atoms with Crippen molar-refractivity contribution in [2.24, 2.45) is 5.92 Å². The van der Waals surface area contributed by atoms with Gasteiger partial charge in [-0.25, -0.2) is 0 Å². The maximum absolute atomic E-state index is 6.01. The van der Waals surface area contributed by atoms with Crippen molar-refractivity contribution in [1.29, 1.82) is 0 Å². The number of benzene rings is 1. The maximum Gasteiger partial charge on any atom is 0.137 e. The van der Waals surface area contributed by atoms with Gasteiger partial charge in [0.05, 0.1) is 12.1 Å². The van der Waals surface area contributed by atoms with Crippen LogP contribution in [0.1, 0.15) is 20.3 Å². The highest BCUT2D eigenvalue weighted by Crippen LogP contribution is 2.27. The molecule has 0 aliphatic heterocycles. The number of nitrogens with one attached hydrogen (secondary N) is 1. The summed E-state index contributed by atoms with van der Waals surface area (Å²) < 4.78 is 5.09. The predicted molar refractivity (Wildman–Crippen MR) is 65.9 cm³/mol. The molecule has 1 aromatic carbocycles. The molecule has 0 amide bonds. The normalized spacial score (nSPS) is 12.3. The van der Waals surface area contributed by atoms with Crippen LogP contribution in [0.5, 0.6) is 5.75 Å². The second-order valence-corrected chi connectivity index (χ2v) is 4.15. The molecular weight excluding hydrogens is 210 g/mol. The van der Waals surface area contributed by atoms with E-state index in [1.807, 2.05) is 18.2 Å². The Kier molecular flexibility index (Phi) is 4.76. The SMILES string of the molecule is CC[C@@H](C)CNc1ccc(OC)c(Cl)c1. The Balaban J connectivity index is 2.59. The number of hydrogen-bond donors (Lipinski definition) is 1. The largest absolute Gasteiger partial charge is 0.495 e. The molecule has 0 aliphatic carbocycles. The molecule has 0 unspecified atom stereocenters. The molecule has 1 N–H and O–H groups in total. The average Bonchev–Trinajstić information content (AvgIpc) is 2.26. The van der Waals surface area contributed by atoms with Crippen LogP contribution in [0.2, 0.25) is 5.02 Å². The molecule has 0 saturated carbocycles. The molecular formula is C12H18ClNO. The third-order valence-electron chi connectivity index (χ3n) is 2.50. The van der Waals surface area contributed by atoms with Crippen molar-refractivity contribution < 1.29 is 4.74 Å². The second-order valence-electron chi connectivity index (χ2n) is 3.74. The summed E-state index contributed by atoms with van der Waals surface area (Å²) >= 11 is 6.01. The van der Waals surface area contributed by atoms with Gasteiger partial charge in [0.2, 0.25) is 0 Å². The molecule has 1 rings (SSSR count). The third-order valence-corrected chi connectivity index (χ3v) is 2.80. The minimum Gasteiger partial charge on any atom is -0.495 e. The zero-order valence-corrected chi connectivity index (χ0v) is 10.3. The molecule has 0 spiro atoms. The quantitative estimate of drug-likeness (QED) is 0.826. The van der Waals surface area contributed by atoms with Crippen LogP contribution < -0.4 is 10.1 Å². The van der Waals surface area contributed by atoms with Gasteiger partial charge in [-0.05, 0) is 24.1 Å². The van der Waals surface area contributed by atoms with Crippen molar-refractivity contribution in [3.63, 3.8) is 0 Å². The molecule has 0 saturated heterocycles. The maximum atomic E-state index is 6.01.